The average molecular weight is 274 g/mol. The van der Waals surface area contributed by atoms with Crippen molar-refractivity contribution in [3.8, 4) is 0 Å². The Morgan fingerprint density at radius 3 is 2.80 bits per heavy atom. The van der Waals surface area contributed by atoms with Crippen molar-refractivity contribution in [2.75, 3.05) is 13.1 Å². The molecule has 0 aliphatic heterocycles. The van der Waals surface area contributed by atoms with Gasteiger partial charge in [-0.15, -0.1) is 0 Å². The first-order chi connectivity index (χ1) is 7.09. The predicted octanol–water partition coefficient (Wildman–Crippen LogP) is 3.38. The van der Waals surface area contributed by atoms with Gasteiger partial charge < -0.3 is 5.32 Å². The lowest BCUT2D eigenvalue weighted by molar-refractivity contribution is 0.546. The fraction of sp³-hybridized carbons (Fsp3) is 0.500. The molecule has 0 spiro atoms. The summed E-state index contributed by atoms with van der Waals surface area (Å²) in [7, 11) is 0. The molecule has 0 aliphatic carbocycles. The molecule has 1 rings (SSSR count). The van der Waals surface area contributed by atoms with E-state index in [1.165, 1.54) is 6.07 Å². The maximum Gasteiger partial charge on any atom is 0.126 e. The van der Waals surface area contributed by atoms with Crippen LogP contribution in [-0.4, -0.2) is 13.1 Å². The average Bonchev–Trinajstić information content (AvgIpc) is 2.17. The Morgan fingerprint density at radius 1 is 1.40 bits per heavy atom. The van der Waals surface area contributed by atoms with E-state index in [9.17, 15) is 4.39 Å². The number of hydrogen-bond acceptors (Lipinski definition) is 1. The Morgan fingerprint density at radius 2 is 2.13 bits per heavy atom. The summed E-state index contributed by atoms with van der Waals surface area (Å²) < 4.78 is 14.2. The Labute approximate surface area is 99.2 Å². The first kappa shape index (κ1) is 12.7. The highest BCUT2D eigenvalue weighted by Gasteiger charge is 2.02. The van der Waals surface area contributed by atoms with Gasteiger partial charge in [0.2, 0.25) is 0 Å². The van der Waals surface area contributed by atoms with Crippen molar-refractivity contribution >= 4 is 15.9 Å². The number of rotatable bonds is 5. The molecule has 0 amide bonds. The topological polar surface area (TPSA) is 12.0 Å². The molecule has 1 aromatic rings. The van der Waals surface area contributed by atoms with Crippen LogP contribution in [0.15, 0.2) is 22.7 Å². The first-order valence-electron chi connectivity index (χ1n) is 5.24. The Balaban J connectivity index is 2.40. The molecule has 0 atom stereocenters. The summed E-state index contributed by atoms with van der Waals surface area (Å²) in [5.74, 6) is 0.516. The molecule has 0 aliphatic rings. The second-order valence-electron chi connectivity index (χ2n) is 4.08. The van der Waals surface area contributed by atoms with Crippen molar-refractivity contribution in [1.29, 1.82) is 0 Å². The van der Waals surface area contributed by atoms with Gasteiger partial charge in [-0.2, -0.15) is 0 Å². The third-order valence-electron chi connectivity index (χ3n) is 2.13. The number of benzene rings is 1. The molecule has 3 heteroatoms. The van der Waals surface area contributed by atoms with Crippen LogP contribution in [0.1, 0.15) is 19.4 Å². The summed E-state index contributed by atoms with van der Waals surface area (Å²) in [6.07, 6.45) is 0.734. The minimum Gasteiger partial charge on any atom is -0.316 e. The van der Waals surface area contributed by atoms with Crippen LogP contribution in [0.25, 0.3) is 0 Å². The van der Waals surface area contributed by atoms with Gasteiger partial charge >= 0.3 is 0 Å². The number of halogens is 2. The van der Waals surface area contributed by atoms with Crippen molar-refractivity contribution in [2.45, 2.75) is 20.3 Å². The lowest BCUT2D eigenvalue weighted by Gasteiger charge is -2.08. The van der Waals surface area contributed by atoms with Crippen molar-refractivity contribution < 1.29 is 4.39 Å². The molecule has 0 unspecified atom stereocenters. The fourth-order valence-corrected chi connectivity index (χ4v) is 1.76. The third-order valence-corrected chi connectivity index (χ3v) is 2.62. The van der Waals surface area contributed by atoms with E-state index in [4.69, 9.17) is 0 Å². The van der Waals surface area contributed by atoms with Crippen LogP contribution in [0.4, 0.5) is 4.39 Å². The van der Waals surface area contributed by atoms with E-state index in [-0.39, 0.29) is 5.82 Å². The molecule has 0 aromatic heterocycles. The highest BCUT2D eigenvalue weighted by atomic mass is 79.9. The summed E-state index contributed by atoms with van der Waals surface area (Å²) in [4.78, 5) is 0. The zero-order chi connectivity index (χ0) is 11.3. The fourth-order valence-electron chi connectivity index (χ4n) is 1.35. The van der Waals surface area contributed by atoms with E-state index in [2.05, 4.69) is 35.1 Å². The van der Waals surface area contributed by atoms with Crippen LogP contribution in [0.5, 0.6) is 0 Å². The molecule has 84 valence electrons. The molecular formula is C12H17BrFN. The molecule has 1 nitrogen and oxygen atoms in total. The van der Waals surface area contributed by atoms with Crippen molar-refractivity contribution in [3.05, 3.63) is 34.1 Å². The van der Waals surface area contributed by atoms with Crippen LogP contribution in [0.3, 0.4) is 0 Å². The zero-order valence-electron chi connectivity index (χ0n) is 9.19. The van der Waals surface area contributed by atoms with E-state index >= 15 is 0 Å². The van der Waals surface area contributed by atoms with Gasteiger partial charge in [-0.05, 0) is 49.2 Å². The van der Waals surface area contributed by atoms with E-state index in [1.54, 1.807) is 6.07 Å². The molecule has 15 heavy (non-hydrogen) atoms. The van der Waals surface area contributed by atoms with Gasteiger partial charge in [0.25, 0.3) is 0 Å². The lowest BCUT2D eigenvalue weighted by atomic mass is 10.1. The van der Waals surface area contributed by atoms with Gasteiger partial charge in [0.1, 0.15) is 5.82 Å². The number of nitrogens with one attached hydrogen (secondary N) is 1. The summed E-state index contributed by atoms with van der Waals surface area (Å²) in [6, 6.07) is 5.06. The van der Waals surface area contributed by atoms with Crippen LogP contribution < -0.4 is 5.32 Å². The van der Waals surface area contributed by atoms with E-state index in [0.717, 1.165) is 29.5 Å². The summed E-state index contributed by atoms with van der Waals surface area (Å²) in [5.41, 5.74) is 0.764. The smallest absolute Gasteiger partial charge is 0.126 e. The molecule has 0 bridgehead atoms. The quantitative estimate of drug-likeness (QED) is 0.812. The molecule has 1 N–H and O–H groups in total. The highest BCUT2D eigenvalue weighted by Crippen LogP contribution is 2.15. The van der Waals surface area contributed by atoms with Gasteiger partial charge in [0, 0.05) is 4.47 Å². The first-order valence-corrected chi connectivity index (χ1v) is 6.03. The molecule has 0 radical (unpaired) electrons. The molecule has 1 aromatic carbocycles. The van der Waals surface area contributed by atoms with Gasteiger partial charge in [0.05, 0.1) is 0 Å². The van der Waals surface area contributed by atoms with Crippen LogP contribution in [0, 0.1) is 11.7 Å². The van der Waals surface area contributed by atoms with Gasteiger partial charge in [-0.25, -0.2) is 4.39 Å². The highest BCUT2D eigenvalue weighted by molar-refractivity contribution is 9.10. The standard InChI is InChI=1S/C12H17BrFN/c1-9(2)8-15-6-5-10-7-11(13)3-4-12(10)14/h3-4,7,9,15H,5-6,8H2,1-2H3. The second kappa shape index (κ2) is 6.23. The molecular weight excluding hydrogens is 257 g/mol. The predicted molar refractivity (Wildman–Crippen MR) is 65.5 cm³/mol. The van der Waals surface area contributed by atoms with Gasteiger partial charge in [-0.3, -0.25) is 0 Å². The summed E-state index contributed by atoms with van der Waals surface area (Å²) in [6.45, 7) is 6.13. The zero-order valence-corrected chi connectivity index (χ0v) is 10.8. The third kappa shape index (κ3) is 4.76. The normalized spacial score (nSPS) is 11.0. The van der Waals surface area contributed by atoms with Crippen molar-refractivity contribution in [1.82, 2.24) is 5.32 Å². The van der Waals surface area contributed by atoms with E-state index in [0.29, 0.717) is 5.92 Å². The van der Waals surface area contributed by atoms with E-state index < -0.39 is 0 Å². The largest absolute Gasteiger partial charge is 0.316 e. The molecule has 0 saturated carbocycles. The van der Waals surface area contributed by atoms with Crippen LogP contribution in [-0.2, 0) is 6.42 Å². The second-order valence-corrected chi connectivity index (χ2v) is 5.00. The van der Waals surface area contributed by atoms with Crippen molar-refractivity contribution in [2.24, 2.45) is 5.92 Å². The maximum atomic E-state index is 13.3. The van der Waals surface area contributed by atoms with Gasteiger partial charge in [-0.1, -0.05) is 29.8 Å². The molecule has 0 saturated heterocycles. The Bertz CT molecular complexity index is 312. The van der Waals surface area contributed by atoms with Crippen LogP contribution in [0.2, 0.25) is 0 Å². The minimum atomic E-state index is -0.121. The number of hydrogen-bond donors (Lipinski definition) is 1. The van der Waals surface area contributed by atoms with Crippen LogP contribution >= 0.6 is 15.9 Å². The molecule has 0 heterocycles. The molecule has 0 fully saturated rings. The van der Waals surface area contributed by atoms with Gasteiger partial charge in [0.15, 0.2) is 0 Å². The Hall–Kier alpha value is -0.410. The summed E-state index contributed by atoms with van der Waals surface area (Å²) in [5, 5.41) is 3.30. The lowest BCUT2D eigenvalue weighted by Crippen LogP contribution is -2.22. The SMILES string of the molecule is CC(C)CNCCc1cc(Br)ccc1F. The maximum absolute atomic E-state index is 13.3. The van der Waals surface area contributed by atoms with Crippen molar-refractivity contribution in [3.63, 3.8) is 0 Å². The monoisotopic (exact) mass is 273 g/mol. The van der Waals surface area contributed by atoms with E-state index in [1.807, 2.05) is 6.07 Å². The minimum absolute atomic E-state index is 0.121. The summed E-state index contributed by atoms with van der Waals surface area (Å²) >= 11 is 3.34. The Kier molecular flexibility index (Phi) is 5.26.